The monoisotopic (exact) mass is 242 g/mol. The molecular formula is C16H22N2. The van der Waals surface area contributed by atoms with Gasteiger partial charge in [-0.3, -0.25) is 4.90 Å². The lowest BCUT2D eigenvalue weighted by Crippen LogP contribution is -2.40. The Morgan fingerprint density at radius 1 is 1.33 bits per heavy atom. The van der Waals surface area contributed by atoms with E-state index >= 15 is 0 Å². The highest BCUT2D eigenvalue weighted by Gasteiger charge is 2.22. The molecule has 0 spiro atoms. The summed E-state index contributed by atoms with van der Waals surface area (Å²) < 4.78 is 0. The maximum atomic E-state index is 3.68. The van der Waals surface area contributed by atoms with E-state index in [0.717, 1.165) is 19.6 Å². The molecule has 0 aromatic heterocycles. The van der Waals surface area contributed by atoms with Crippen LogP contribution in [0.25, 0.3) is 0 Å². The fourth-order valence-electron chi connectivity index (χ4n) is 3.16. The van der Waals surface area contributed by atoms with E-state index in [-0.39, 0.29) is 0 Å². The summed E-state index contributed by atoms with van der Waals surface area (Å²) in [4.78, 5) is 2.58. The topological polar surface area (TPSA) is 15.3 Å². The molecule has 3 rings (SSSR count). The summed E-state index contributed by atoms with van der Waals surface area (Å²) in [5.74, 6) is 0. The van der Waals surface area contributed by atoms with Gasteiger partial charge in [-0.05, 0) is 37.4 Å². The Labute approximate surface area is 110 Å². The molecule has 2 aliphatic heterocycles. The molecule has 0 saturated carbocycles. The van der Waals surface area contributed by atoms with Crippen LogP contribution in [-0.4, -0.2) is 31.1 Å². The first-order chi connectivity index (χ1) is 8.83. The van der Waals surface area contributed by atoms with E-state index in [1.807, 2.05) is 0 Å². The largest absolute Gasteiger partial charge is 0.309 e. The second-order valence-corrected chi connectivity index (χ2v) is 5.53. The summed E-state index contributed by atoms with van der Waals surface area (Å²) in [5, 5.41) is 3.68. The second-order valence-electron chi connectivity index (χ2n) is 5.53. The SMILES string of the molecule is CC1=CCCN(CC2NCCc3ccccc32)C1. The minimum Gasteiger partial charge on any atom is -0.309 e. The van der Waals surface area contributed by atoms with E-state index < -0.39 is 0 Å². The molecule has 1 aromatic carbocycles. The predicted octanol–water partition coefficient (Wildman–Crippen LogP) is 2.53. The van der Waals surface area contributed by atoms with E-state index in [1.54, 1.807) is 0 Å². The van der Waals surface area contributed by atoms with Crippen LogP contribution < -0.4 is 5.32 Å². The van der Waals surface area contributed by atoms with Gasteiger partial charge in [-0.25, -0.2) is 0 Å². The van der Waals surface area contributed by atoms with Gasteiger partial charge in [0.2, 0.25) is 0 Å². The molecule has 1 N–H and O–H groups in total. The minimum absolute atomic E-state index is 0.515. The molecule has 1 unspecified atom stereocenters. The molecule has 0 bridgehead atoms. The smallest absolute Gasteiger partial charge is 0.0452 e. The van der Waals surface area contributed by atoms with Crippen LogP contribution >= 0.6 is 0 Å². The number of nitrogens with zero attached hydrogens (tertiary/aromatic N) is 1. The van der Waals surface area contributed by atoms with Crippen molar-refractivity contribution in [1.82, 2.24) is 10.2 Å². The van der Waals surface area contributed by atoms with Crippen molar-refractivity contribution in [2.75, 3.05) is 26.2 Å². The maximum Gasteiger partial charge on any atom is 0.0452 e. The summed E-state index contributed by atoms with van der Waals surface area (Å²) in [6.45, 7) is 6.85. The van der Waals surface area contributed by atoms with Crippen molar-refractivity contribution in [2.24, 2.45) is 0 Å². The Balaban J connectivity index is 1.72. The minimum atomic E-state index is 0.515. The van der Waals surface area contributed by atoms with Crippen molar-refractivity contribution < 1.29 is 0 Å². The molecule has 0 aliphatic carbocycles. The number of rotatable bonds is 2. The number of nitrogens with one attached hydrogen (secondary N) is 1. The van der Waals surface area contributed by atoms with E-state index in [1.165, 1.54) is 36.1 Å². The third-order valence-corrected chi connectivity index (χ3v) is 4.07. The van der Waals surface area contributed by atoms with Crippen LogP contribution in [0.3, 0.4) is 0 Å². The van der Waals surface area contributed by atoms with Crippen LogP contribution in [0, 0.1) is 0 Å². The molecule has 18 heavy (non-hydrogen) atoms. The Kier molecular flexibility index (Phi) is 3.48. The second kappa shape index (κ2) is 5.25. The Morgan fingerprint density at radius 3 is 3.11 bits per heavy atom. The fourth-order valence-corrected chi connectivity index (χ4v) is 3.16. The Hall–Kier alpha value is -1.12. The van der Waals surface area contributed by atoms with Crippen LogP contribution in [0.5, 0.6) is 0 Å². The summed E-state index contributed by atoms with van der Waals surface area (Å²) >= 11 is 0. The van der Waals surface area contributed by atoms with Gasteiger partial charge in [-0.2, -0.15) is 0 Å². The van der Waals surface area contributed by atoms with E-state index in [4.69, 9.17) is 0 Å². The van der Waals surface area contributed by atoms with E-state index in [0.29, 0.717) is 6.04 Å². The number of benzene rings is 1. The highest BCUT2D eigenvalue weighted by Crippen LogP contribution is 2.24. The van der Waals surface area contributed by atoms with Crippen LogP contribution in [-0.2, 0) is 6.42 Å². The maximum absolute atomic E-state index is 3.68. The average Bonchev–Trinajstić information content (AvgIpc) is 2.39. The molecular weight excluding hydrogens is 220 g/mol. The van der Waals surface area contributed by atoms with E-state index in [9.17, 15) is 0 Å². The zero-order valence-corrected chi connectivity index (χ0v) is 11.2. The molecule has 96 valence electrons. The van der Waals surface area contributed by atoms with E-state index in [2.05, 4.69) is 47.5 Å². The summed E-state index contributed by atoms with van der Waals surface area (Å²) in [5.41, 5.74) is 4.56. The highest BCUT2D eigenvalue weighted by atomic mass is 15.2. The molecule has 0 fully saturated rings. The van der Waals surface area contributed by atoms with Gasteiger partial charge in [0.15, 0.2) is 0 Å². The molecule has 0 saturated heterocycles. The zero-order valence-electron chi connectivity index (χ0n) is 11.2. The van der Waals surface area contributed by atoms with Crippen molar-refractivity contribution in [3.8, 4) is 0 Å². The highest BCUT2D eigenvalue weighted by molar-refractivity contribution is 5.32. The molecule has 2 heteroatoms. The van der Waals surface area contributed by atoms with Gasteiger partial charge in [-0.15, -0.1) is 0 Å². The lowest BCUT2D eigenvalue weighted by molar-refractivity contribution is 0.252. The fraction of sp³-hybridized carbons (Fsp3) is 0.500. The van der Waals surface area contributed by atoms with Crippen molar-refractivity contribution >= 4 is 0 Å². The Bertz CT molecular complexity index is 450. The number of fused-ring (bicyclic) bond motifs is 1. The molecule has 2 aliphatic rings. The molecule has 2 heterocycles. The van der Waals surface area contributed by atoms with Gasteiger partial charge in [0, 0.05) is 25.7 Å². The average molecular weight is 242 g/mol. The van der Waals surface area contributed by atoms with Gasteiger partial charge in [-0.1, -0.05) is 35.9 Å². The van der Waals surface area contributed by atoms with Gasteiger partial charge >= 0.3 is 0 Å². The summed E-state index contributed by atoms with van der Waals surface area (Å²) in [7, 11) is 0. The normalized spacial score (nSPS) is 24.5. The lowest BCUT2D eigenvalue weighted by Gasteiger charge is -2.33. The quantitative estimate of drug-likeness (QED) is 0.802. The first-order valence-electron chi connectivity index (χ1n) is 7.02. The first kappa shape index (κ1) is 11.9. The molecule has 1 aromatic rings. The van der Waals surface area contributed by atoms with Crippen LogP contribution in [0.1, 0.15) is 30.5 Å². The van der Waals surface area contributed by atoms with Gasteiger partial charge < -0.3 is 5.32 Å². The third kappa shape index (κ3) is 2.50. The predicted molar refractivity (Wildman–Crippen MR) is 75.7 cm³/mol. The first-order valence-corrected chi connectivity index (χ1v) is 7.02. The number of hydrogen-bond donors (Lipinski definition) is 1. The van der Waals surface area contributed by atoms with Gasteiger partial charge in [0.25, 0.3) is 0 Å². The Morgan fingerprint density at radius 2 is 2.22 bits per heavy atom. The van der Waals surface area contributed by atoms with Crippen molar-refractivity contribution in [1.29, 1.82) is 0 Å². The summed E-state index contributed by atoms with van der Waals surface area (Å²) in [6, 6.07) is 9.42. The standard InChI is InChI=1S/C16H22N2/c1-13-5-4-10-18(11-13)12-16-15-7-3-2-6-14(15)8-9-17-16/h2-3,5-7,16-17H,4,8-12H2,1H3. The van der Waals surface area contributed by atoms with Crippen LogP contribution in [0.2, 0.25) is 0 Å². The van der Waals surface area contributed by atoms with Crippen LogP contribution in [0.4, 0.5) is 0 Å². The molecule has 1 atom stereocenters. The lowest BCUT2D eigenvalue weighted by atomic mass is 9.93. The van der Waals surface area contributed by atoms with Gasteiger partial charge in [0.05, 0.1) is 0 Å². The molecule has 2 nitrogen and oxygen atoms in total. The van der Waals surface area contributed by atoms with Crippen molar-refractivity contribution in [3.05, 3.63) is 47.0 Å². The number of hydrogen-bond acceptors (Lipinski definition) is 2. The molecule has 0 amide bonds. The van der Waals surface area contributed by atoms with Gasteiger partial charge in [0.1, 0.15) is 0 Å². The third-order valence-electron chi connectivity index (χ3n) is 4.07. The van der Waals surface area contributed by atoms with Crippen molar-refractivity contribution in [3.63, 3.8) is 0 Å². The molecule has 0 radical (unpaired) electrons. The summed E-state index contributed by atoms with van der Waals surface area (Å²) in [6.07, 6.45) is 4.75. The van der Waals surface area contributed by atoms with Crippen molar-refractivity contribution in [2.45, 2.75) is 25.8 Å². The van der Waals surface area contributed by atoms with Crippen LogP contribution in [0.15, 0.2) is 35.9 Å². The zero-order chi connectivity index (χ0) is 12.4.